The lowest BCUT2D eigenvalue weighted by Gasteiger charge is -2.20. The summed E-state index contributed by atoms with van der Waals surface area (Å²) in [6.07, 6.45) is 21.5. The van der Waals surface area contributed by atoms with Gasteiger partial charge in [-0.2, -0.15) is 0 Å². The maximum absolute atomic E-state index is 12.9. The Labute approximate surface area is 173 Å². The molecule has 0 aromatic rings. The number of Topliss-reactive ketones (excluding diaryl/α,β-unsaturated/α-hetero) is 1. The second kappa shape index (κ2) is 12.5. The van der Waals surface area contributed by atoms with Gasteiger partial charge in [0.05, 0.1) is 11.4 Å². The maximum Gasteiger partial charge on any atom is 0.248 e. The van der Waals surface area contributed by atoms with Crippen molar-refractivity contribution in [1.82, 2.24) is 10.6 Å². The highest BCUT2D eigenvalue weighted by Gasteiger charge is 2.28. The van der Waals surface area contributed by atoms with Crippen molar-refractivity contribution >= 4 is 17.5 Å². The van der Waals surface area contributed by atoms with E-state index in [0.717, 1.165) is 44.9 Å². The van der Waals surface area contributed by atoms with Crippen molar-refractivity contribution < 1.29 is 14.4 Å². The fourth-order valence-corrected chi connectivity index (χ4v) is 3.23. The molecule has 2 N–H and O–H groups in total. The number of hydrogen-bond acceptors (Lipinski definition) is 4. The van der Waals surface area contributed by atoms with E-state index in [4.69, 9.17) is 0 Å². The highest BCUT2D eigenvalue weighted by molar-refractivity contribution is 6.23. The van der Waals surface area contributed by atoms with Crippen LogP contribution in [0.15, 0.2) is 72.2 Å². The van der Waals surface area contributed by atoms with Gasteiger partial charge in [0.25, 0.3) is 0 Å². The van der Waals surface area contributed by atoms with E-state index in [2.05, 4.69) is 29.4 Å². The number of allylic oxidation sites excluding steroid dienone is 7. The first-order chi connectivity index (χ1) is 14.1. The maximum atomic E-state index is 12.9. The first-order valence-electron chi connectivity index (χ1n) is 10.3. The molecule has 2 rings (SSSR count). The summed E-state index contributed by atoms with van der Waals surface area (Å²) >= 11 is 0. The topological polar surface area (TPSA) is 75.3 Å². The van der Waals surface area contributed by atoms with E-state index < -0.39 is 5.91 Å². The predicted molar refractivity (Wildman–Crippen MR) is 116 cm³/mol. The van der Waals surface area contributed by atoms with E-state index in [9.17, 15) is 14.4 Å². The number of carbonyl (C=O) groups is 3. The van der Waals surface area contributed by atoms with Gasteiger partial charge in [-0.15, -0.1) is 6.58 Å². The molecule has 5 heteroatoms. The van der Waals surface area contributed by atoms with E-state index in [1.54, 1.807) is 12.2 Å². The van der Waals surface area contributed by atoms with Crippen LogP contribution in [0.5, 0.6) is 0 Å². The van der Waals surface area contributed by atoms with Crippen molar-refractivity contribution in [3.05, 3.63) is 72.2 Å². The lowest BCUT2D eigenvalue weighted by Crippen LogP contribution is -2.34. The zero-order valence-electron chi connectivity index (χ0n) is 16.9. The van der Waals surface area contributed by atoms with Gasteiger partial charge < -0.3 is 10.6 Å². The molecule has 154 valence electrons. The summed E-state index contributed by atoms with van der Waals surface area (Å²) in [6.45, 7) is 4.04. The second-order valence-corrected chi connectivity index (χ2v) is 7.05. The SMILES string of the molecule is C=CCNC1=C2CCCCCC/C=C/CC/C=C/C=C/C(=O)NC(=CC1=O)C2=O. The minimum atomic E-state index is -0.429. The molecule has 0 saturated heterocycles. The quantitative estimate of drug-likeness (QED) is 0.561. The Balaban J connectivity index is 2.19. The van der Waals surface area contributed by atoms with Crippen LogP contribution in [0.4, 0.5) is 0 Å². The Morgan fingerprint density at radius 1 is 0.966 bits per heavy atom. The molecule has 0 atom stereocenters. The third kappa shape index (κ3) is 7.53. The van der Waals surface area contributed by atoms with E-state index in [1.165, 1.54) is 12.2 Å². The molecule has 0 fully saturated rings. The first kappa shape index (κ1) is 22.3. The number of rotatable bonds is 3. The van der Waals surface area contributed by atoms with Crippen LogP contribution in [0.25, 0.3) is 0 Å². The Hall–Kier alpha value is -2.95. The van der Waals surface area contributed by atoms with Crippen LogP contribution in [-0.4, -0.2) is 24.0 Å². The monoisotopic (exact) mass is 394 g/mol. The van der Waals surface area contributed by atoms with Crippen molar-refractivity contribution in [3.8, 4) is 0 Å². The van der Waals surface area contributed by atoms with Crippen molar-refractivity contribution in [2.75, 3.05) is 6.54 Å². The van der Waals surface area contributed by atoms with Crippen LogP contribution in [0, 0.1) is 0 Å². The zero-order chi connectivity index (χ0) is 20.9. The molecular weight excluding hydrogens is 364 g/mol. The Kier molecular flexibility index (Phi) is 9.63. The fourth-order valence-electron chi connectivity index (χ4n) is 3.23. The van der Waals surface area contributed by atoms with Gasteiger partial charge in [0, 0.05) is 24.3 Å². The standard InChI is InChI=1S/C24H30N2O3/c1-2-17-25-23-19-15-13-11-9-7-5-3-4-6-8-10-12-14-16-22(28)26-20(24(19)29)18-21(23)27/h2-4,10,12,14,16,18,25H,1,5-9,11,13,15,17H2,(H,26,28)/b4-3+,12-10+,16-14+. The minimum Gasteiger partial charge on any atom is -0.378 e. The molecule has 1 aliphatic heterocycles. The number of hydrogen-bond donors (Lipinski definition) is 2. The Morgan fingerprint density at radius 3 is 2.55 bits per heavy atom. The molecule has 0 saturated carbocycles. The number of ketones is 2. The van der Waals surface area contributed by atoms with Crippen LogP contribution in [0.1, 0.15) is 51.4 Å². The van der Waals surface area contributed by atoms with Gasteiger partial charge >= 0.3 is 0 Å². The highest BCUT2D eigenvalue weighted by atomic mass is 16.2. The van der Waals surface area contributed by atoms with Gasteiger partial charge in [0.2, 0.25) is 17.5 Å². The minimum absolute atomic E-state index is 0.0369. The van der Waals surface area contributed by atoms with Gasteiger partial charge in [-0.1, -0.05) is 49.3 Å². The van der Waals surface area contributed by atoms with Crippen molar-refractivity contribution in [3.63, 3.8) is 0 Å². The summed E-state index contributed by atoms with van der Waals surface area (Å²) < 4.78 is 0. The molecule has 1 heterocycles. The summed E-state index contributed by atoms with van der Waals surface area (Å²) in [4.78, 5) is 37.6. The Bertz CT molecular complexity index is 782. The average molecular weight is 395 g/mol. The van der Waals surface area contributed by atoms with Crippen molar-refractivity contribution in [1.29, 1.82) is 0 Å². The summed E-state index contributed by atoms with van der Waals surface area (Å²) in [5.41, 5.74) is 0.798. The number of nitrogens with one attached hydrogen (secondary N) is 2. The van der Waals surface area contributed by atoms with Crippen LogP contribution >= 0.6 is 0 Å². The van der Waals surface area contributed by atoms with Crippen LogP contribution in [0.3, 0.4) is 0 Å². The molecule has 2 bridgehead atoms. The lowest BCUT2D eigenvalue weighted by molar-refractivity contribution is -0.119. The molecule has 2 aliphatic rings. The number of fused-ring (bicyclic) bond motifs is 2. The van der Waals surface area contributed by atoms with Gasteiger partial charge in [-0.3, -0.25) is 14.4 Å². The van der Waals surface area contributed by atoms with Gasteiger partial charge in [0.15, 0.2) is 0 Å². The third-order valence-corrected chi connectivity index (χ3v) is 4.73. The molecule has 0 spiro atoms. The Morgan fingerprint density at radius 2 is 1.72 bits per heavy atom. The van der Waals surface area contributed by atoms with E-state index in [0.29, 0.717) is 24.2 Å². The smallest absolute Gasteiger partial charge is 0.248 e. The molecule has 1 amide bonds. The third-order valence-electron chi connectivity index (χ3n) is 4.73. The van der Waals surface area contributed by atoms with Gasteiger partial charge in [-0.25, -0.2) is 0 Å². The highest BCUT2D eigenvalue weighted by Crippen LogP contribution is 2.22. The van der Waals surface area contributed by atoms with Crippen molar-refractivity contribution in [2.24, 2.45) is 0 Å². The molecule has 1 aliphatic carbocycles. The number of amides is 1. The predicted octanol–water partition coefficient (Wildman–Crippen LogP) is 3.97. The summed E-state index contributed by atoms with van der Waals surface area (Å²) in [5, 5.41) is 5.55. The lowest BCUT2D eigenvalue weighted by atomic mass is 9.92. The van der Waals surface area contributed by atoms with E-state index >= 15 is 0 Å². The second-order valence-electron chi connectivity index (χ2n) is 7.05. The van der Waals surface area contributed by atoms with Crippen molar-refractivity contribution in [2.45, 2.75) is 51.4 Å². The summed E-state index contributed by atoms with van der Waals surface area (Å²) in [6, 6.07) is 0. The van der Waals surface area contributed by atoms with Gasteiger partial charge in [0.1, 0.15) is 0 Å². The molecule has 29 heavy (non-hydrogen) atoms. The molecule has 0 aromatic carbocycles. The molecule has 0 aromatic heterocycles. The van der Waals surface area contributed by atoms with Crippen LogP contribution in [-0.2, 0) is 14.4 Å². The molecule has 0 unspecified atom stereocenters. The largest absolute Gasteiger partial charge is 0.378 e. The summed E-state index contributed by atoms with van der Waals surface area (Å²) in [5.74, 6) is -1.02. The number of carbonyl (C=O) groups excluding carboxylic acids is 3. The van der Waals surface area contributed by atoms with Crippen LogP contribution in [0.2, 0.25) is 0 Å². The molecule has 5 nitrogen and oxygen atoms in total. The van der Waals surface area contributed by atoms with Crippen LogP contribution < -0.4 is 10.6 Å². The zero-order valence-corrected chi connectivity index (χ0v) is 16.9. The average Bonchev–Trinajstić information content (AvgIpc) is 2.70. The van der Waals surface area contributed by atoms with E-state index in [1.807, 2.05) is 12.2 Å². The first-order valence-corrected chi connectivity index (χ1v) is 10.3. The summed E-state index contributed by atoms with van der Waals surface area (Å²) in [7, 11) is 0. The molecular formula is C24H30N2O3. The normalized spacial score (nSPS) is 23.0. The molecule has 0 radical (unpaired) electrons. The fraction of sp³-hybridized carbons (Fsp3) is 0.375. The van der Waals surface area contributed by atoms with Gasteiger partial charge in [-0.05, 0) is 38.5 Å². The van der Waals surface area contributed by atoms with E-state index in [-0.39, 0.29) is 17.3 Å².